The minimum Gasteiger partial charge on any atom is -0.480 e. The number of fused-ring (bicyclic) bond motifs is 1. The number of alkyl halides is 2. The van der Waals surface area contributed by atoms with E-state index in [2.05, 4.69) is 5.32 Å². The van der Waals surface area contributed by atoms with Gasteiger partial charge in [0.2, 0.25) is 0 Å². The Hall–Kier alpha value is -1.40. The molecule has 1 atom stereocenters. The third-order valence-electron chi connectivity index (χ3n) is 2.74. The highest BCUT2D eigenvalue weighted by molar-refractivity contribution is 6.30. The van der Waals surface area contributed by atoms with Crippen molar-refractivity contribution in [2.24, 2.45) is 0 Å². The van der Waals surface area contributed by atoms with Gasteiger partial charge in [-0.15, -0.1) is 0 Å². The van der Waals surface area contributed by atoms with E-state index in [1.807, 2.05) is 0 Å². The predicted octanol–water partition coefficient (Wildman–Crippen LogP) is 1.39. The molecule has 0 aromatic heterocycles. The molecule has 0 saturated heterocycles. The first kappa shape index (κ1) is 14.0. The standard InChI is InChI=1S/C12H12ClF2NO3/c13-8-1-2-9-7(3-8)4-10(19-9)11(18)16-5-12(14,15)6-17/h1-3,10,17H,4-6H2,(H,16,18). The van der Waals surface area contributed by atoms with Gasteiger partial charge >= 0.3 is 0 Å². The number of carbonyl (C=O) groups excluding carboxylic acids is 1. The summed E-state index contributed by atoms with van der Waals surface area (Å²) in [7, 11) is 0. The van der Waals surface area contributed by atoms with Crippen molar-refractivity contribution < 1.29 is 23.4 Å². The number of ether oxygens (including phenoxy) is 1. The van der Waals surface area contributed by atoms with E-state index in [1.165, 1.54) is 0 Å². The molecule has 4 nitrogen and oxygen atoms in total. The Kier molecular flexibility index (Phi) is 3.91. The lowest BCUT2D eigenvalue weighted by Gasteiger charge is -2.16. The monoisotopic (exact) mass is 291 g/mol. The fourth-order valence-electron chi connectivity index (χ4n) is 1.75. The minimum absolute atomic E-state index is 0.284. The number of hydrogen-bond acceptors (Lipinski definition) is 3. The molecule has 1 aromatic carbocycles. The molecule has 1 aromatic rings. The number of nitrogens with one attached hydrogen (secondary N) is 1. The molecular weight excluding hydrogens is 280 g/mol. The molecule has 1 aliphatic rings. The van der Waals surface area contributed by atoms with Gasteiger partial charge in [-0.1, -0.05) is 11.6 Å². The average Bonchev–Trinajstić information content (AvgIpc) is 2.79. The zero-order valence-corrected chi connectivity index (χ0v) is 10.6. The van der Waals surface area contributed by atoms with E-state index in [4.69, 9.17) is 21.4 Å². The van der Waals surface area contributed by atoms with Gasteiger partial charge in [0.05, 0.1) is 6.54 Å². The first-order chi connectivity index (χ1) is 8.91. The highest BCUT2D eigenvalue weighted by Crippen LogP contribution is 2.31. The highest BCUT2D eigenvalue weighted by atomic mass is 35.5. The summed E-state index contributed by atoms with van der Waals surface area (Å²) in [5.74, 6) is -3.44. The molecule has 0 spiro atoms. The van der Waals surface area contributed by atoms with Gasteiger partial charge in [-0.2, -0.15) is 0 Å². The molecule has 0 radical (unpaired) electrons. The summed E-state index contributed by atoms with van der Waals surface area (Å²) in [6, 6.07) is 4.93. The Morgan fingerprint density at radius 1 is 1.58 bits per heavy atom. The fraction of sp³-hybridized carbons (Fsp3) is 0.417. The largest absolute Gasteiger partial charge is 0.480 e. The Balaban J connectivity index is 1.94. The molecule has 2 rings (SSSR count). The molecule has 1 amide bonds. The van der Waals surface area contributed by atoms with Gasteiger partial charge in [0.15, 0.2) is 6.10 Å². The van der Waals surface area contributed by atoms with E-state index in [0.717, 1.165) is 5.56 Å². The summed E-state index contributed by atoms with van der Waals surface area (Å²) in [5.41, 5.74) is 0.765. The molecule has 0 fully saturated rings. The van der Waals surface area contributed by atoms with Crippen molar-refractivity contribution in [1.29, 1.82) is 0 Å². The lowest BCUT2D eigenvalue weighted by atomic mass is 10.1. The van der Waals surface area contributed by atoms with Crippen molar-refractivity contribution in [2.45, 2.75) is 18.4 Å². The Morgan fingerprint density at radius 3 is 3.00 bits per heavy atom. The van der Waals surface area contributed by atoms with E-state index in [9.17, 15) is 13.6 Å². The first-order valence-electron chi connectivity index (χ1n) is 5.63. The van der Waals surface area contributed by atoms with Gasteiger partial charge in [-0.05, 0) is 23.8 Å². The number of rotatable bonds is 4. The molecule has 19 heavy (non-hydrogen) atoms. The van der Waals surface area contributed by atoms with Crippen LogP contribution in [0.15, 0.2) is 18.2 Å². The van der Waals surface area contributed by atoms with Gasteiger partial charge in [0, 0.05) is 11.4 Å². The van der Waals surface area contributed by atoms with E-state index in [0.29, 0.717) is 10.8 Å². The second-order valence-corrected chi connectivity index (χ2v) is 4.73. The van der Waals surface area contributed by atoms with Crippen LogP contribution in [0.5, 0.6) is 5.75 Å². The van der Waals surface area contributed by atoms with Crippen LogP contribution in [-0.2, 0) is 11.2 Å². The minimum atomic E-state index is -3.33. The first-order valence-corrected chi connectivity index (χ1v) is 6.00. The molecule has 0 aliphatic carbocycles. The number of amides is 1. The van der Waals surface area contributed by atoms with Crippen molar-refractivity contribution in [1.82, 2.24) is 5.32 Å². The van der Waals surface area contributed by atoms with Crippen LogP contribution in [0.25, 0.3) is 0 Å². The SMILES string of the molecule is O=C(NCC(F)(F)CO)C1Cc2cc(Cl)ccc2O1. The van der Waals surface area contributed by atoms with E-state index in [1.54, 1.807) is 18.2 Å². The summed E-state index contributed by atoms with van der Waals surface area (Å²) >= 11 is 5.81. The van der Waals surface area contributed by atoms with Crippen molar-refractivity contribution in [2.75, 3.05) is 13.2 Å². The van der Waals surface area contributed by atoms with E-state index in [-0.39, 0.29) is 6.42 Å². The summed E-state index contributed by atoms with van der Waals surface area (Å²) in [6.45, 7) is -2.23. The van der Waals surface area contributed by atoms with Crippen LogP contribution < -0.4 is 10.1 Å². The maximum atomic E-state index is 12.8. The molecule has 0 saturated carbocycles. The average molecular weight is 292 g/mol. The van der Waals surface area contributed by atoms with Crippen LogP contribution in [0.3, 0.4) is 0 Å². The number of aliphatic hydroxyl groups excluding tert-OH is 1. The van der Waals surface area contributed by atoms with Crippen molar-refractivity contribution in [3.63, 3.8) is 0 Å². The molecule has 0 bridgehead atoms. The van der Waals surface area contributed by atoms with Gasteiger partial charge in [0.1, 0.15) is 12.4 Å². The van der Waals surface area contributed by atoms with E-state index >= 15 is 0 Å². The number of hydrogen-bond donors (Lipinski definition) is 2. The third kappa shape index (κ3) is 3.33. The maximum Gasteiger partial charge on any atom is 0.287 e. The van der Waals surface area contributed by atoms with Crippen molar-refractivity contribution >= 4 is 17.5 Å². The summed E-state index contributed by atoms with van der Waals surface area (Å²) in [5, 5.41) is 11.0. The zero-order valence-electron chi connectivity index (χ0n) is 9.83. The van der Waals surface area contributed by atoms with Gasteiger partial charge in [-0.3, -0.25) is 4.79 Å². The Bertz CT molecular complexity index is 496. The van der Waals surface area contributed by atoms with Crippen LogP contribution in [0.1, 0.15) is 5.56 Å². The number of aliphatic hydroxyl groups is 1. The fourth-order valence-corrected chi connectivity index (χ4v) is 1.94. The van der Waals surface area contributed by atoms with Crippen LogP contribution >= 0.6 is 11.6 Å². The van der Waals surface area contributed by atoms with Crippen LogP contribution in [0, 0.1) is 0 Å². The topological polar surface area (TPSA) is 58.6 Å². The second kappa shape index (κ2) is 5.30. The van der Waals surface area contributed by atoms with Crippen LogP contribution in [0.2, 0.25) is 5.02 Å². The van der Waals surface area contributed by atoms with Crippen molar-refractivity contribution in [3.05, 3.63) is 28.8 Å². The summed E-state index contributed by atoms with van der Waals surface area (Å²) in [4.78, 5) is 11.7. The second-order valence-electron chi connectivity index (χ2n) is 4.29. The van der Waals surface area contributed by atoms with Crippen LogP contribution in [-0.4, -0.2) is 36.2 Å². The lowest BCUT2D eigenvalue weighted by Crippen LogP contribution is -2.44. The molecular formula is C12H12ClF2NO3. The normalized spacial score (nSPS) is 17.8. The van der Waals surface area contributed by atoms with Crippen LogP contribution in [0.4, 0.5) is 8.78 Å². The predicted molar refractivity (Wildman–Crippen MR) is 64.6 cm³/mol. The Morgan fingerprint density at radius 2 is 2.32 bits per heavy atom. The number of halogens is 3. The molecule has 1 aliphatic heterocycles. The lowest BCUT2D eigenvalue weighted by molar-refractivity contribution is -0.130. The summed E-state index contributed by atoms with van der Waals surface area (Å²) in [6.07, 6.45) is -0.560. The van der Waals surface area contributed by atoms with Gasteiger partial charge < -0.3 is 15.2 Å². The molecule has 2 N–H and O–H groups in total. The molecule has 104 valence electrons. The molecule has 1 heterocycles. The number of carbonyl (C=O) groups is 1. The molecule has 1 unspecified atom stereocenters. The zero-order chi connectivity index (χ0) is 14.0. The van der Waals surface area contributed by atoms with Gasteiger partial charge in [-0.25, -0.2) is 8.78 Å². The highest BCUT2D eigenvalue weighted by Gasteiger charge is 2.33. The van der Waals surface area contributed by atoms with E-state index < -0.39 is 31.1 Å². The smallest absolute Gasteiger partial charge is 0.287 e. The van der Waals surface area contributed by atoms with Gasteiger partial charge in [0.25, 0.3) is 11.8 Å². The quantitative estimate of drug-likeness (QED) is 0.881. The molecule has 7 heteroatoms. The third-order valence-corrected chi connectivity index (χ3v) is 2.98. The summed E-state index contributed by atoms with van der Waals surface area (Å²) < 4.78 is 30.9. The Labute approximate surface area is 113 Å². The van der Waals surface area contributed by atoms with Crippen molar-refractivity contribution in [3.8, 4) is 5.75 Å². The number of benzene rings is 1. The maximum absolute atomic E-state index is 12.8.